The molecule has 0 spiro atoms. The first-order valence-electron chi connectivity index (χ1n) is 6.39. The first kappa shape index (κ1) is 9.64. The fraction of sp³-hybridized carbons (Fsp3) is 0.917. The Bertz CT molecular complexity index is 244. The SMILES string of the molecule is O=C([C@@H]1CCNC1)N1C2CCCC1CC2. The van der Waals surface area contributed by atoms with E-state index in [2.05, 4.69) is 10.2 Å². The van der Waals surface area contributed by atoms with Crippen molar-refractivity contribution < 1.29 is 4.79 Å². The van der Waals surface area contributed by atoms with Crippen LogP contribution >= 0.6 is 0 Å². The highest BCUT2D eigenvalue weighted by atomic mass is 16.2. The number of hydrogen-bond acceptors (Lipinski definition) is 2. The molecule has 3 aliphatic heterocycles. The number of nitrogens with one attached hydrogen (secondary N) is 1. The van der Waals surface area contributed by atoms with Crippen molar-refractivity contribution in [3.8, 4) is 0 Å². The Kier molecular flexibility index (Phi) is 2.43. The Morgan fingerprint density at radius 3 is 2.40 bits per heavy atom. The molecule has 0 aliphatic carbocycles. The Morgan fingerprint density at radius 2 is 1.80 bits per heavy atom. The average Bonchev–Trinajstić information content (AvgIpc) is 2.85. The van der Waals surface area contributed by atoms with Crippen molar-refractivity contribution in [2.75, 3.05) is 13.1 Å². The van der Waals surface area contributed by atoms with Gasteiger partial charge in [-0.1, -0.05) is 0 Å². The van der Waals surface area contributed by atoms with Crippen LogP contribution in [0.3, 0.4) is 0 Å². The summed E-state index contributed by atoms with van der Waals surface area (Å²) >= 11 is 0. The highest BCUT2D eigenvalue weighted by molar-refractivity contribution is 5.80. The van der Waals surface area contributed by atoms with Gasteiger partial charge in [-0.15, -0.1) is 0 Å². The van der Waals surface area contributed by atoms with Gasteiger partial charge in [0.25, 0.3) is 0 Å². The van der Waals surface area contributed by atoms with Crippen molar-refractivity contribution in [2.24, 2.45) is 5.92 Å². The minimum atomic E-state index is 0.284. The number of amides is 1. The number of fused-ring (bicyclic) bond motifs is 2. The molecule has 15 heavy (non-hydrogen) atoms. The van der Waals surface area contributed by atoms with Crippen LogP contribution in [0.25, 0.3) is 0 Å². The van der Waals surface area contributed by atoms with E-state index in [0.717, 1.165) is 19.5 Å². The minimum absolute atomic E-state index is 0.284. The van der Waals surface area contributed by atoms with Crippen LogP contribution in [0.1, 0.15) is 38.5 Å². The lowest BCUT2D eigenvalue weighted by Gasteiger charge is -2.36. The second-order valence-corrected chi connectivity index (χ2v) is 5.25. The summed E-state index contributed by atoms with van der Waals surface area (Å²) in [6, 6.07) is 1.19. The van der Waals surface area contributed by atoms with Gasteiger partial charge in [0.05, 0.1) is 5.92 Å². The lowest BCUT2D eigenvalue weighted by atomic mass is 9.99. The van der Waals surface area contributed by atoms with Gasteiger partial charge in [0.2, 0.25) is 5.91 Å². The van der Waals surface area contributed by atoms with Crippen LogP contribution in [0, 0.1) is 5.92 Å². The monoisotopic (exact) mass is 208 g/mol. The predicted molar refractivity (Wildman–Crippen MR) is 58.5 cm³/mol. The average molecular weight is 208 g/mol. The van der Waals surface area contributed by atoms with Gasteiger partial charge in [0.15, 0.2) is 0 Å². The van der Waals surface area contributed by atoms with Gasteiger partial charge in [-0.25, -0.2) is 0 Å². The summed E-state index contributed by atoms with van der Waals surface area (Å²) in [4.78, 5) is 14.6. The maximum Gasteiger partial charge on any atom is 0.227 e. The number of carbonyl (C=O) groups is 1. The van der Waals surface area contributed by atoms with E-state index >= 15 is 0 Å². The molecule has 3 aliphatic rings. The van der Waals surface area contributed by atoms with Crippen molar-refractivity contribution in [2.45, 2.75) is 50.6 Å². The summed E-state index contributed by atoms with van der Waals surface area (Å²) in [5.41, 5.74) is 0. The molecule has 1 amide bonds. The predicted octanol–water partition coefficient (Wildman–Crippen LogP) is 1.14. The maximum atomic E-state index is 12.3. The van der Waals surface area contributed by atoms with Crippen molar-refractivity contribution in [3.63, 3.8) is 0 Å². The topological polar surface area (TPSA) is 32.3 Å². The lowest BCUT2D eigenvalue weighted by molar-refractivity contribution is -0.139. The second kappa shape index (κ2) is 3.78. The van der Waals surface area contributed by atoms with Crippen LogP contribution < -0.4 is 5.32 Å². The van der Waals surface area contributed by atoms with E-state index in [1.165, 1.54) is 32.1 Å². The third-order valence-corrected chi connectivity index (χ3v) is 4.36. The van der Waals surface area contributed by atoms with E-state index in [9.17, 15) is 4.79 Å². The molecule has 2 unspecified atom stereocenters. The number of hydrogen-bond donors (Lipinski definition) is 1. The molecule has 3 rings (SSSR count). The van der Waals surface area contributed by atoms with Crippen LogP contribution in [0.4, 0.5) is 0 Å². The minimum Gasteiger partial charge on any atom is -0.336 e. The third-order valence-electron chi connectivity index (χ3n) is 4.36. The van der Waals surface area contributed by atoms with Crippen molar-refractivity contribution in [1.29, 1.82) is 0 Å². The second-order valence-electron chi connectivity index (χ2n) is 5.25. The summed E-state index contributed by atoms with van der Waals surface area (Å²) in [6.45, 7) is 1.94. The number of carbonyl (C=O) groups excluding carboxylic acids is 1. The van der Waals surface area contributed by atoms with Gasteiger partial charge >= 0.3 is 0 Å². The molecular formula is C12H20N2O. The molecule has 3 heteroatoms. The maximum absolute atomic E-state index is 12.3. The highest BCUT2D eigenvalue weighted by Gasteiger charge is 2.41. The van der Waals surface area contributed by atoms with Crippen molar-refractivity contribution in [3.05, 3.63) is 0 Å². The summed E-state index contributed by atoms with van der Waals surface area (Å²) in [6.07, 6.45) is 7.41. The molecule has 0 radical (unpaired) electrons. The molecule has 3 saturated heterocycles. The Morgan fingerprint density at radius 1 is 1.07 bits per heavy atom. The zero-order valence-corrected chi connectivity index (χ0v) is 9.24. The molecule has 0 saturated carbocycles. The molecule has 1 N–H and O–H groups in total. The zero-order chi connectivity index (χ0) is 10.3. The van der Waals surface area contributed by atoms with Gasteiger partial charge in [-0.2, -0.15) is 0 Å². The number of nitrogens with zero attached hydrogens (tertiary/aromatic N) is 1. The molecule has 0 aromatic carbocycles. The molecular weight excluding hydrogens is 188 g/mol. The molecule has 3 atom stereocenters. The summed E-state index contributed by atoms with van der Waals surface area (Å²) in [5.74, 6) is 0.735. The zero-order valence-electron chi connectivity index (χ0n) is 9.24. The number of piperidine rings is 1. The molecule has 2 bridgehead atoms. The number of rotatable bonds is 1. The first-order chi connectivity index (χ1) is 7.36. The van der Waals surface area contributed by atoms with E-state index in [4.69, 9.17) is 0 Å². The Hall–Kier alpha value is -0.570. The van der Waals surface area contributed by atoms with Crippen LogP contribution in [0.5, 0.6) is 0 Å². The van der Waals surface area contributed by atoms with E-state index in [0.29, 0.717) is 18.0 Å². The van der Waals surface area contributed by atoms with E-state index in [1.54, 1.807) is 0 Å². The molecule has 84 valence electrons. The summed E-state index contributed by atoms with van der Waals surface area (Å²) in [5, 5.41) is 3.29. The van der Waals surface area contributed by atoms with E-state index in [1.807, 2.05) is 0 Å². The van der Waals surface area contributed by atoms with Gasteiger partial charge in [-0.05, 0) is 45.1 Å². The first-order valence-corrected chi connectivity index (χ1v) is 6.39. The van der Waals surface area contributed by atoms with Crippen LogP contribution in [0.15, 0.2) is 0 Å². The van der Waals surface area contributed by atoms with Crippen LogP contribution in [-0.2, 0) is 4.79 Å². The summed E-state index contributed by atoms with van der Waals surface area (Å²) in [7, 11) is 0. The van der Waals surface area contributed by atoms with Gasteiger partial charge < -0.3 is 10.2 Å². The largest absolute Gasteiger partial charge is 0.336 e. The van der Waals surface area contributed by atoms with Gasteiger partial charge in [0, 0.05) is 18.6 Å². The molecule has 0 aromatic rings. The van der Waals surface area contributed by atoms with Crippen LogP contribution in [0.2, 0.25) is 0 Å². The van der Waals surface area contributed by atoms with Crippen LogP contribution in [-0.4, -0.2) is 36.0 Å². The van der Waals surface area contributed by atoms with E-state index in [-0.39, 0.29) is 5.92 Å². The van der Waals surface area contributed by atoms with E-state index < -0.39 is 0 Å². The molecule has 3 fully saturated rings. The third kappa shape index (κ3) is 1.57. The fourth-order valence-electron chi connectivity index (χ4n) is 3.55. The van der Waals surface area contributed by atoms with Gasteiger partial charge in [0.1, 0.15) is 0 Å². The highest BCUT2D eigenvalue weighted by Crippen LogP contribution is 2.36. The fourth-order valence-corrected chi connectivity index (χ4v) is 3.55. The molecule has 3 nitrogen and oxygen atoms in total. The molecule has 3 heterocycles. The molecule has 0 aromatic heterocycles. The Balaban J connectivity index is 1.73. The summed E-state index contributed by atoms with van der Waals surface area (Å²) < 4.78 is 0. The quantitative estimate of drug-likeness (QED) is 0.701. The van der Waals surface area contributed by atoms with Crippen molar-refractivity contribution in [1.82, 2.24) is 10.2 Å². The normalized spacial score (nSPS) is 39.7. The standard InChI is InChI=1S/C12H20N2O/c15-12(9-6-7-13-8-9)14-10-2-1-3-11(14)5-4-10/h9-11,13H,1-8H2/t9-,10?,11?/m1/s1. The smallest absolute Gasteiger partial charge is 0.227 e. The lowest BCUT2D eigenvalue weighted by Crippen LogP contribution is -2.47. The van der Waals surface area contributed by atoms with Crippen molar-refractivity contribution >= 4 is 5.91 Å². The van der Waals surface area contributed by atoms with Gasteiger partial charge in [-0.3, -0.25) is 4.79 Å². The Labute approximate surface area is 91.2 Å².